The Hall–Kier alpha value is -1.79. The molecule has 0 amide bonds. The summed E-state index contributed by atoms with van der Waals surface area (Å²) in [6.45, 7) is 1.65. The number of rotatable bonds is 8. The van der Waals surface area contributed by atoms with Crippen molar-refractivity contribution in [1.29, 1.82) is 0 Å². The predicted octanol–water partition coefficient (Wildman–Crippen LogP) is 1.18. The molecule has 0 saturated heterocycles. The SMILES string of the molecule is COCCCOCCOC(=O)c1cc(O)ccc1N. The summed E-state index contributed by atoms with van der Waals surface area (Å²) < 4.78 is 15.1. The van der Waals surface area contributed by atoms with Gasteiger partial charge in [0, 0.05) is 26.0 Å². The van der Waals surface area contributed by atoms with Crippen molar-refractivity contribution in [3.8, 4) is 5.75 Å². The highest BCUT2D eigenvalue weighted by Gasteiger charge is 2.11. The third kappa shape index (κ3) is 5.58. The molecule has 0 aliphatic heterocycles. The maximum Gasteiger partial charge on any atom is 0.340 e. The van der Waals surface area contributed by atoms with E-state index in [-0.39, 0.29) is 23.6 Å². The summed E-state index contributed by atoms with van der Waals surface area (Å²) in [4.78, 5) is 11.7. The van der Waals surface area contributed by atoms with Crippen molar-refractivity contribution in [1.82, 2.24) is 0 Å². The van der Waals surface area contributed by atoms with Crippen molar-refractivity contribution in [3.05, 3.63) is 23.8 Å². The minimum absolute atomic E-state index is 0.0306. The van der Waals surface area contributed by atoms with E-state index in [0.29, 0.717) is 19.8 Å². The normalized spacial score (nSPS) is 10.4. The quantitative estimate of drug-likeness (QED) is 0.319. The van der Waals surface area contributed by atoms with Gasteiger partial charge >= 0.3 is 5.97 Å². The van der Waals surface area contributed by atoms with E-state index in [1.165, 1.54) is 18.2 Å². The molecular formula is C13H19NO5. The number of aromatic hydroxyl groups is 1. The van der Waals surface area contributed by atoms with Crippen LogP contribution in [0.2, 0.25) is 0 Å². The summed E-state index contributed by atoms with van der Waals surface area (Å²) in [7, 11) is 1.63. The van der Waals surface area contributed by atoms with Crippen molar-refractivity contribution in [3.63, 3.8) is 0 Å². The van der Waals surface area contributed by atoms with Crippen LogP contribution in [0.15, 0.2) is 18.2 Å². The largest absolute Gasteiger partial charge is 0.508 e. The molecule has 0 aromatic heterocycles. The minimum atomic E-state index is -0.575. The smallest absolute Gasteiger partial charge is 0.340 e. The van der Waals surface area contributed by atoms with Crippen LogP contribution in [0, 0.1) is 0 Å². The summed E-state index contributed by atoms with van der Waals surface area (Å²) in [5.41, 5.74) is 6.04. The van der Waals surface area contributed by atoms with Crippen molar-refractivity contribution < 1.29 is 24.1 Å². The van der Waals surface area contributed by atoms with Gasteiger partial charge in [-0.2, -0.15) is 0 Å². The van der Waals surface area contributed by atoms with E-state index < -0.39 is 5.97 Å². The van der Waals surface area contributed by atoms with Crippen LogP contribution >= 0.6 is 0 Å². The molecule has 0 saturated carbocycles. The van der Waals surface area contributed by atoms with E-state index in [9.17, 15) is 9.90 Å². The second-order valence-corrected chi connectivity index (χ2v) is 3.87. The Labute approximate surface area is 112 Å². The molecule has 0 fully saturated rings. The molecule has 6 nitrogen and oxygen atoms in total. The summed E-state index contributed by atoms with van der Waals surface area (Å²) in [5.74, 6) is -0.606. The zero-order valence-electron chi connectivity index (χ0n) is 10.9. The number of ether oxygens (including phenoxy) is 3. The number of nitrogens with two attached hydrogens (primary N) is 1. The average molecular weight is 269 g/mol. The van der Waals surface area contributed by atoms with Crippen LogP contribution in [-0.4, -0.2) is 44.6 Å². The van der Waals surface area contributed by atoms with E-state index in [1.807, 2.05) is 0 Å². The zero-order valence-corrected chi connectivity index (χ0v) is 10.9. The first-order valence-corrected chi connectivity index (χ1v) is 5.97. The Morgan fingerprint density at radius 2 is 2.05 bits per heavy atom. The molecule has 6 heteroatoms. The first kappa shape index (κ1) is 15.3. The first-order chi connectivity index (χ1) is 9.15. The predicted molar refractivity (Wildman–Crippen MR) is 70.1 cm³/mol. The van der Waals surface area contributed by atoms with Gasteiger partial charge in [-0.3, -0.25) is 0 Å². The fourth-order valence-corrected chi connectivity index (χ4v) is 1.40. The van der Waals surface area contributed by atoms with E-state index in [1.54, 1.807) is 7.11 Å². The molecule has 0 atom stereocenters. The minimum Gasteiger partial charge on any atom is -0.508 e. The summed E-state index contributed by atoms with van der Waals surface area (Å²) >= 11 is 0. The lowest BCUT2D eigenvalue weighted by Crippen LogP contribution is -2.13. The van der Waals surface area contributed by atoms with Crippen molar-refractivity contribution in [2.75, 3.05) is 39.3 Å². The lowest BCUT2D eigenvalue weighted by atomic mass is 10.2. The molecule has 106 valence electrons. The molecule has 0 bridgehead atoms. The number of benzene rings is 1. The number of phenols is 1. The van der Waals surface area contributed by atoms with Gasteiger partial charge in [0.1, 0.15) is 12.4 Å². The van der Waals surface area contributed by atoms with Gasteiger partial charge in [-0.25, -0.2) is 4.79 Å². The van der Waals surface area contributed by atoms with Crippen LogP contribution in [0.5, 0.6) is 5.75 Å². The number of carbonyl (C=O) groups is 1. The molecule has 3 N–H and O–H groups in total. The van der Waals surface area contributed by atoms with Gasteiger partial charge in [0.25, 0.3) is 0 Å². The highest BCUT2D eigenvalue weighted by Crippen LogP contribution is 2.19. The molecule has 0 aliphatic carbocycles. The van der Waals surface area contributed by atoms with Gasteiger partial charge in [0.05, 0.1) is 12.2 Å². The highest BCUT2D eigenvalue weighted by molar-refractivity contribution is 5.95. The summed E-state index contributed by atoms with van der Waals surface area (Å²) in [5, 5.41) is 9.28. The van der Waals surface area contributed by atoms with Crippen LogP contribution < -0.4 is 5.73 Å². The lowest BCUT2D eigenvalue weighted by molar-refractivity contribution is 0.0289. The number of anilines is 1. The Morgan fingerprint density at radius 1 is 1.26 bits per heavy atom. The Balaban J connectivity index is 2.26. The van der Waals surface area contributed by atoms with Gasteiger partial charge in [0.15, 0.2) is 0 Å². The monoisotopic (exact) mass is 269 g/mol. The topological polar surface area (TPSA) is 91.0 Å². The molecule has 1 aromatic carbocycles. The van der Waals surface area contributed by atoms with Crippen molar-refractivity contribution >= 4 is 11.7 Å². The first-order valence-electron chi connectivity index (χ1n) is 5.97. The van der Waals surface area contributed by atoms with Crippen LogP contribution in [0.25, 0.3) is 0 Å². The standard InChI is InChI=1S/C13H19NO5/c1-17-5-2-6-18-7-8-19-13(16)11-9-10(15)3-4-12(11)14/h3-4,9,15H,2,5-8,14H2,1H3. The third-order valence-corrected chi connectivity index (χ3v) is 2.35. The van der Waals surface area contributed by atoms with Gasteiger partial charge in [-0.05, 0) is 24.6 Å². The lowest BCUT2D eigenvalue weighted by Gasteiger charge is -2.08. The van der Waals surface area contributed by atoms with Crippen LogP contribution in [0.3, 0.4) is 0 Å². The molecular weight excluding hydrogens is 250 g/mol. The summed E-state index contributed by atoms with van der Waals surface area (Å²) in [6, 6.07) is 4.13. The van der Waals surface area contributed by atoms with Gasteiger partial charge in [-0.1, -0.05) is 0 Å². The third-order valence-electron chi connectivity index (χ3n) is 2.35. The number of hydrogen-bond donors (Lipinski definition) is 2. The van der Waals surface area contributed by atoms with E-state index >= 15 is 0 Å². The van der Waals surface area contributed by atoms with E-state index in [0.717, 1.165) is 6.42 Å². The van der Waals surface area contributed by atoms with Crippen LogP contribution in [0.4, 0.5) is 5.69 Å². The van der Waals surface area contributed by atoms with Gasteiger partial charge in [0.2, 0.25) is 0 Å². The molecule has 0 spiro atoms. The number of esters is 1. The number of hydrogen-bond acceptors (Lipinski definition) is 6. The number of methoxy groups -OCH3 is 1. The van der Waals surface area contributed by atoms with Crippen molar-refractivity contribution in [2.24, 2.45) is 0 Å². The second kappa shape index (κ2) is 8.34. The fourth-order valence-electron chi connectivity index (χ4n) is 1.40. The molecule has 19 heavy (non-hydrogen) atoms. The Morgan fingerprint density at radius 3 is 2.79 bits per heavy atom. The Kier molecular flexibility index (Phi) is 6.70. The maximum atomic E-state index is 11.7. The number of carbonyl (C=O) groups excluding carboxylic acids is 1. The highest BCUT2D eigenvalue weighted by atomic mass is 16.6. The maximum absolute atomic E-state index is 11.7. The number of nitrogen functional groups attached to an aromatic ring is 1. The zero-order chi connectivity index (χ0) is 14.1. The van der Waals surface area contributed by atoms with Gasteiger partial charge < -0.3 is 25.1 Å². The molecule has 1 rings (SSSR count). The second-order valence-electron chi connectivity index (χ2n) is 3.87. The van der Waals surface area contributed by atoms with Crippen LogP contribution in [-0.2, 0) is 14.2 Å². The molecule has 0 radical (unpaired) electrons. The Bertz CT molecular complexity index is 408. The van der Waals surface area contributed by atoms with Gasteiger partial charge in [-0.15, -0.1) is 0 Å². The van der Waals surface area contributed by atoms with E-state index in [2.05, 4.69) is 0 Å². The average Bonchev–Trinajstić information content (AvgIpc) is 2.40. The fraction of sp³-hybridized carbons (Fsp3) is 0.462. The van der Waals surface area contributed by atoms with Crippen LogP contribution in [0.1, 0.15) is 16.8 Å². The van der Waals surface area contributed by atoms with E-state index in [4.69, 9.17) is 19.9 Å². The van der Waals surface area contributed by atoms with Crippen molar-refractivity contribution in [2.45, 2.75) is 6.42 Å². The number of phenolic OH excluding ortho intramolecular Hbond substituents is 1. The summed E-state index contributed by atoms with van der Waals surface area (Å²) in [6.07, 6.45) is 0.796. The molecule has 1 aromatic rings. The molecule has 0 unspecified atom stereocenters. The molecule has 0 heterocycles. The molecule has 0 aliphatic rings.